The average Bonchev–Trinajstić information content (AvgIpc) is 2.99. The van der Waals surface area contributed by atoms with Crippen LogP contribution in [0.1, 0.15) is 44.4 Å². The molecule has 0 radical (unpaired) electrons. The quantitative estimate of drug-likeness (QED) is 0.206. The average molecular weight is 595 g/mol. The van der Waals surface area contributed by atoms with Crippen LogP contribution >= 0.6 is 11.8 Å². The van der Waals surface area contributed by atoms with Crippen LogP contribution in [0.3, 0.4) is 0 Å². The molecule has 0 saturated carbocycles. The summed E-state index contributed by atoms with van der Waals surface area (Å²) in [6, 6.07) is 27.5. The normalized spacial score (nSPS) is 22.5. The van der Waals surface area contributed by atoms with E-state index in [0.717, 1.165) is 28.2 Å². The Morgan fingerprint density at radius 2 is 1.24 bits per heavy atom. The van der Waals surface area contributed by atoms with Crippen molar-refractivity contribution in [1.82, 2.24) is 0 Å². The molecule has 0 spiro atoms. The molecule has 0 aromatic heterocycles. The summed E-state index contributed by atoms with van der Waals surface area (Å²) in [6.45, 7) is 8.50. The lowest BCUT2D eigenvalue weighted by Gasteiger charge is -2.45. The molecule has 0 bridgehead atoms. The van der Waals surface area contributed by atoms with Crippen molar-refractivity contribution < 1.29 is 33.2 Å². The molecule has 0 amide bonds. The highest BCUT2D eigenvalue weighted by Gasteiger charge is 2.52. The van der Waals surface area contributed by atoms with Gasteiger partial charge in [-0.3, -0.25) is 0 Å². The Bertz CT molecular complexity index is 1210. The van der Waals surface area contributed by atoms with Crippen molar-refractivity contribution in [2.75, 3.05) is 12.9 Å². The van der Waals surface area contributed by atoms with E-state index in [1.807, 2.05) is 106 Å². The molecule has 0 aliphatic carbocycles. The van der Waals surface area contributed by atoms with Gasteiger partial charge in [0.05, 0.1) is 26.9 Å². The number of rotatable bonds is 13. The van der Waals surface area contributed by atoms with Crippen molar-refractivity contribution in [1.29, 1.82) is 0 Å². The molecule has 3 aromatic rings. The molecule has 5 atom stereocenters. The zero-order valence-electron chi connectivity index (χ0n) is 25.1. The summed E-state index contributed by atoms with van der Waals surface area (Å²) >= 11 is 1.58. The summed E-state index contributed by atoms with van der Waals surface area (Å²) in [4.78, 5) is 13.6. The van der Waals surface area contributed by atoms with Crippen LogP contribution in [0.4, 0.5) is 0 Å². The highest BCUT2D eigenvalue weighted by atomic mass is 32.2. The van der Waals surface area contributed by atoms with Gasteiger partial charge >= 0.3 is 5.97 Å². The van der Waals surface area contributed by atoms with Crippen LogP contribution in [0, 0.1) is 0 Å². The lowest BCUT2D eigenvalue weighted by atomic mass is 9.98. The number of benzene rings is 3. The van der Waals surface area contributed by atoms with Gasteiger partial charge in [0, 0.05) is 0 Å². The Morgan fingerprint density at radius 3 is 1.74 bits per heavy atom. The second-order valence-corrected chi connectivity index (χ2v) is 12.4. The van der Waals surface area contributed by atoms with Crippen LogP contribution in [-0.4, -0.2) is 54.3 Å². The SMILES string of the molecule is CCS[C@@H]1O[C@H](C(=O)OC(C)(C)C)[C@H](OCc2ccc(OC)cc2)[C@H](OCc2ccccc2)[C@H]1OCc1ccccc1. The second kappa shape index (κ2) is 15.5. The van der Waals surface area contributed by atoms with E-state index in [2.05, 4.69) is 6.92 Å². The van der Waals surface area contributed by atoms with Crippen molar-refractivity contribution >= 4 is 17.7 Å². The first-order valence-corrected chi connectivity index (χ1v) is 15.4. The van der Waals surface area contributed by atoms with Crippen LogP contribution in [0.5, 0.6) is 5.75 Å². The summed E-state index contributed by atoms with van der Waals surface area (Å²) in [5, 5.41) is 0. The number of thioether (sulfide) groups is 1. The lowest BCUT2D eigenvalue weighted by molar-refractivity contribution is -0.252. The molecule has 1 aliphatic rings. The number of carbonyl (C=O) groups is 1. The summed E-state index contributed by atoms with van der Waals surface area (Å²) in [5.41, 5.74) is 1.79. The molecule has 8 heteroatoms. The van der Waals surface area contributed by atoms with Gasteiger partial charge in [-0.25, -0.2) is 4.79 Å². The Hall–Kier alpha value is -2.88. The minimum absolute atomic E-state index is 0.236. The molecule has 4 rings (SSSR count). The number of esters is 1. The van der Waals surface area contributed by atoms with Gasteiger partial charge < -0.3 is 28.4 Å². The first-order chi connectivity index (χ1) is 20.3. The van der Waals surface area contributed by atoms with E-state index < -0.39 is 41.4 Å². The van der Waals surface area contributed by atoms with Gasteiger partial charge in [-0.2, -0.15) is 0 Å². The predicted molar refractivity (Wildman–Crippen MR) is 164 cm³/mol. The fraction of sp³-hybridized carbons (Fsp3) is 0.441. The van der Waals surface area contributed by atoms with Gasteiger partial charge in [0.15, 0.2) is 6.10 Å². The van der Waals surface area contributed by atoms with E-state index >= 15 is 0 Å². The first-order valence-electron chi connectivity index (χ1n) is 14.3. The Labute approximate surface area is 253 Å². The summed E-state index contributed by atoms with van der Waals surface area (Å²) in [5.74, 6) is 1.03. The third-order valence-electron chi connectivity index (χ3n) is 6.64. The van der Waals surface area contributed by atoms with Crippen LogP contribution < -0.4 is 4.74 Å². The first kappa shape index (κ1) is 32.0. The lowest BCUT2D eigenvalue weighted by Crippen LogP contribution is -2.62. The second-order valence-electron chi connectivity index (χ2n) is 11.1. The maximum absolute atomic E-state index is 13.6. The third-order valence-corrected chi connectivity index (χ3v) is 7.68. The van der Waals surface area contributed by atoms with Gasteiger partial charge in [-0.15, -0.1) is 11.8 Å². The van der Waals surface area contributed by atoms with Gasteiger partial charge in [-0.05, 0) is 55.3 Å². The van der Waals surface area contributed by atoms with Crippen LogP contribution in [0.15, 0.2) is 84.9 Å². The molecule has 1 fully saturated rings. The third kappa shape index (κ3) is 9.31. The largest absolute Gasteiger partial charge is 0.497 e. The maximum atomic E-state index is 13.6. The van der Waals surface area contributed by atoms with Gasteiger partial charge in [-0.1, -0.05) is 79.7 Å². The number of methoxy groups -OCH3 is 1. The Kier molecular flexibility index (Phi) is 11.9. The molecule has 1 heterocycles. The van der Waals surface area contributed by atoms with E-state index in [-0.39, 0.29) is 6.61 Å². The molecule has 3 aromatic carbocycles. The maximum Gasteiger partial charge on any atom is 0.338 e. The minimum Gasteiger partial charge on any atom is -0.497 e. The molecule has 226 valence electrons. The number of hydrogen-bond donors (Lipinski definition) is 0. The number of ether oxygens (including phenoxy) is 6. The van der Waals surface area contributed by atoms with Crippen molar-refractivity contribution in [3.05, 3.63) is 102 Å². The van der Waals surface area contributed by atoms with E-state index in [1.54, 1.807) is 18.9 Å². The monoisotopic (exact) mass is 594 g/mol. The van der Waals surface area contributed by atoms with Crippen molar-refractivity contribution in [2.45, 2.75) is 83.0 Å². The minimum atomic E-state index is -1.01. The van der Waals surface area contributed by atoms with Gasteiger partial charge in [0.25, 0.3) is 0 Å². The molecule has 42 heavy (non-hydrogen) atoms. The number of hydrogen-bond acceptors (Lipinski definition) is 8. The summed E-state index contributed by atoms with van der Waals surface area (Å²) < 4.78 is 37.3. The topological polar surface area (TPSA) is 72.5 Å². The van der Waals surface area contributed by atoms with Crippen LogP contribution in [-0.2, 0) is 48.3 Å². The van der Waals surface area contributed by atoms with E-state index in [4.69, 9.17) is 28.4 Å². The fourth-order valence-electron chi connectivity index (χ4n) is 4.65. The highest BCUT2D eigenvalue weighted by molar-refractivity contribution is 7.99. The number of carbonyl (C=O) groups excluding carboxylic acids is 1. The highest BCUT2D eigenvalue weighted by Crippen LogP contribution is 2.36. The zero-order chi connectivity index (χ0) is 30.0. The van der Waals surface area contributed by atoms with Crippen molar-refractivity contribution in [3.63, 3.8) is 0 Å². The molecule has 1 aliphatic heterocycles. The van der Waals surface area contributed by atoms with Crippen molar-refractivity contribution in [2.24, 2.45) is 0 Å². The predicted octanol–water partition coefficient (Wildman–Crippen LogP) is 6.57. The van der Waals surface area contributed by atoms with Crippen molar-refractivity contribution in [3.8, 4) is 5.75 Å². The molecule has 7 nitrogen and oxygen atoms in total. The molecule has 0 N–H and O–H groups in total. The molecular formula is C34H42O7S. The van der Waals surface area contributed by atoms with E-state index in [0.29, 0.717) is 13.2 Å². The van der Waals surface area contributed by atoms with Gasteiger partial charge in [0.1, 0.15) is 35.1 Å². The van der Waals surface area contributed by atoms with E-state index in [1.165, 1.54) is 0 Å². The van der Waals surface area contributed by atoms with Gasteiger partial charge in [0.2, 0.25) is 0 Å². The Balaban J connectivity index is 1.67. The molecular weight excluding hydrogens is 552 g/mol. The van der Waals surface area contributed by atoms with Crippen LogP contribution in [0.25, 0.3) is 0 Å². The molecule has 0 unspecified atom stereocenters. The zero-order valence-corrected chi connectivity index (χ0v) is 25.9. The smallest absolute Gasteiger partial charge is 0.338 e. The van der Waals surface area contributed by atoms with E-state index in [9.17, 15) is 4.79 Å². The summed E-state index contributed by atoms with van der Waals surface area (Å²) in [7, 11) is 1.63. The van der Waals surface area contributed by atoms with Crippen LogP contribution in [0.2, 0.25) is 0 Å². The fourth-order valence-corrected chi connectivity index (χ4v) is 5.60. The Morgan fingerprint density at radius 1 is 0.738 bits per heavy atom. The summed E-state index contributed by atoms with van der Waals surface area (Å²) in [6.07, 6.45) is -2.94. The molecule has 1 saturated heterocycles. The standard InChI is InChI=1S/C34H42O7S/c1-6-42-33-31(39-22-25-15-11-8-12-16-25)29(38-21-24-13-9-7-10-14-24)28(30(40-33)32(35)41-34(2,3)4)37-23-26-17-19-27(36-5)20-18-26/h7-20,28-31,33H,6,21-23H2,1-5H3/t28-,29+,30+,31-,33+/m1/s1.